The van der Waals surface area contributed by atoms with Crippen LogP contribution in [0.3, 0.4) is 0 Å². The van der Waals surface area contributed by atoms with E-state index in [-0.39, 0.29) is 11.8 Å². The SMILES string of the molecule is COc1cccc2c1OC[C@@H](C(=O)NCCc1csc(-c3ncccn3)n1)C2. The smallest absolute Gasteiger partial charge is 0.226 e. The minimum atomic E-state index is -0.205. The molecule has 0 saturated carbocycles. The van der Waals surface area contributed by atoms with Gasteiger partial charge in [-0.05, 0) is 24.1 Å². The Hall–Kier alpha value is -3.00. The van der Waals surface area contributed by atoms with E-state index in [4.69, 9.17) is 9.47 Å². The molecule has 144 valence electrons. The Labute approximate surface area is 166 Å². The third-order valence-corrected chi connectivity index (χ3v) is 5.42. The van der Waals surface area contributed by atoms with Gasteiger partial charge in [-0.25, -0.2) is 15.0 Å². The van der Waals surface area contributed by atoms with E-state index in [0.717, 1.165) is 22.0 Å². The summed E-state index contributed by atoms with van der Waals surface area (Å²) < 4.78 is 11.1. The van der Waals surface area contributed by atoms with Gasteiger partial charge >= 0.3 is 0 Å². The number of benzene rings is 1. The fraction of sp³-hybridized carbons (Fsp3) is 0.300. The first-order valence-corrected chi connectivity index (χ1v) is 9.90. The molecule has 1 aliphatic rings. The average molecular weight is 396 g/mol. The second-order valence-electron chi connectivity index (χ2n) is 6.42. The quantitative estimate of drug-likeness (QED) is 0.689. The molecule has 1 aromatic carbocycles. The number of methoxy groups -OCH3 is 1. The van der Waals surface area contributed by atoms with Gasteiger partial charge in [-0.3, -0.25) is 4.79 Å². The number of aromatic nitrogens is 3. The first-order valence-electron chi connectivity index (χ1n) is 9.03. The highest BCUT2D eigenvalue weighted by atomic mass is 32.1. The van der Waals surface area contributed by atoms with Crippen LogP contribution in [0.4, 0.5) is 0 Å². The van der Waals surface area contributed by atoms with Crippen LogP contribution in [0.1, 0.15) is 11.3 Å². The van der Waals surface area contributed by atoms with Crippen molar-refractivity contribution in [3.8, 4) is 22.3 Å². The molecule has 0 bridgehead atoms. The molecule has 0 spiro atoms. The maximum Gasteiger partial charge on any atom is 0.226 e. The minimum Gasteiger partial charge on any atom is -0.493 e. The van der Waals surface area contributed by atoms with Crippen LogP contribution in [0.2, 0.25) is 0 Å². The third kappa shape index (κ3) is 3.96. The molecule has 8 heteroatoms. The predicted octanol–water partition coefficient (Wildman–Crippen LogP) is 2.52. The summed E-state index contributed by atoms with van der Waals surface area (Å²) in [4.78, 5) is 25.5. The summed E-state index contributed by atoms with van der Waals surface area (Å²) in [6.07, 6.45) is 4.70. The van der Waals surface area contributed by atoms with Crippen LogP contribution in [0, 0.1) is 5.92 Å². The van der Waals surface area contributed by atoms with Crippen LogP contribution in [0.25, 0.3) is 10.8 Å². The number of nitrogens with one attached hydrogen (secondary N) is 1. The van der Waals surface area contributed by atoms with E-state index in [9.17, 15) is 4.79 Å². The van der Waals surface area contributed by atoms with E-state index < -0.39 is 0 Å². The number of fused-ring (bicyclic) bond motifs is 1. The standard InChI is InChI=1S/C20H20N4O3S/c1-26-16-5-2-4-13-10-14(11-27-17(13)16)19(25)23-9-6-15-12-28-20(24-15)18-21-7-3-8-22-18/h2-5,7-8,12,14H,6,9-11H2,1H3,(H,23,25)/t14-/m0/s1. The van der Waals surface area contributed by atoms with E-state index in [1.165, 1.54) is 11.3 Å². The van der Waals surface area contributed by atoms with Crippen molar-refractivity contribution < 1.29 is 14.3 Å². The summed E-state index contributed by atoms with van der Waals surface area (Å²) in [6.45, 7) is 0.879. The monoisotopic (exact) mass is 396 g/mol. The zero-order valence-corrected chi connectivity index (χ0v) is 16.2. The molecule has 1 N–H and O–H groups in total. The highest BCUT2D eigenvalue weighted by Gasteiger charge is 2.27. The van der Waals surface area contributed by atoms with E-state index in [1.807, 2.05) is 23.6 Å². The molecule has 0 fully saturated rings. The van der Waals surface area contributed by atoms with Gasteiger partial charge in [0.15, 0.2) is 22.3 Å². The molecule has 0 unspecified atom stereocenters. The molecular weight excluding hydrogens is 376 g/mol. The number of amides is 1. The molecule has 4 rings (SSSR count). The fourth-order valence-corrected chi connectivity index (χ4v) is 3.91. The predicted molar refractivity (Wildman–Crippen MR) is 106 cm³/mol. The molecule has 2 aromatic heterocycles. The molecule has 3 aromatic rings. The van der Waals surface area contributed by atoms with Crippen molar-refractivity contribution in [2.75, 3.05) is 20.3 Å². The Morgan fingerprint density at radius 2 is 2.18 bits per heavy atom. The zero-order chi connectivity index (χ0) is 19.3. The second-order valence-corrected chi connectivity index (χ2v) is 7.28. The summed E-state index contributed by atoms with van der Waals surface area (Å²) in [5.41, 5.74) is 1.92. The van der Waals surface area contributed by atoms with Crippen molar-refractivity contribution in [1.82, 2.24) is 20.3 Å². The van der Waals surface area contributed by atoms with E-state index in [2.05, 4.69) is 20.3 Å². The molecule has 3 heterocycles. The molecule has 1 amide bonds. The molecule has 1 aliphatic heterocycles. The summed E-state index contributed by atoms with van der Waals surface area (Å²) >= 11 is 1.50. The molecular formula is C20H20N4O3S. The van der Waals surface area contributed by atoms with E-state index in [0.29, 0.717) is 37.6 Å². The Kier molecular flexibility index (Phi) is 5.48. The number of thiazole rings is 1. The molecule has 7 nitrogen and oxygen atoms in total. The van der Waals surface area contributed by atoms with Gasteiger partial charge in [0, 0.05) is 30.7 Å². The largest absolute Gasteiger partial charge is 0.493 e. The third-order valence-electron chi connectivity index (χ3n) is 4.54. The van der Waals surface area contributed by atoms with Gasteiger partial charge < -0.3 is 14.8 Å². The Morgan fingerprint density at radius 3 is 3.00 bits per heavy atom. The van der Waals surface area contributed by atoms with Gasteiger partial charge in [0.2, 0.25) is 5.91 Å². The Bertz CT molecular complexity index is 961. The first-order chi connectivity index (χ1) is 13.7. The number of hydrogen-bond donors (Lipinski definition) is 1. The Balaban J connectivity index is 1.30. The van der Waals surface area contributed by atoms with Crippen molar-refractivity contribution in [1.29, 1.82) is 0 Å². The Morgan fingerprint density at radius 1 is 1.32 bits per heavy atom. The lowest BCUT2D eigenvalue weighted by Crippen LogP contribution is -2.38. The highest BCUT2D eigenvalue weighted by molar-refractivity contribution is 7.13. The summed E-state index contributed by atoms with van der Waals surface area (Å²) in [7, 11) is 1.62. The number of ether oxygens (including phenoxy) is 2. The fourth-order valence-electron chi connectivity index (χ4n) is 3.12. The summed E-state index contributed by atoms with van der Waals surface area (Å²) in [5.74, 6) is 1.86. The number of hydrogen-bond acceptors (Lipinski definition) is 7. The number of carbonyl (C=O) groups is 1. The molecule has 1 atom stereocenters. The second kappa shape index (κ2) is 8.35. The molecule has 0 aliphatic carbocycles. The number of nitrogens with zero attached hydrogens (tertiary/aromatic N) is 3. The lowest BCUT2D eigenvalue weighted by molar-refractivity contribution is -0.126. The van der Waals surface area contributed by atoms with Crippen LogP contribution in [-0.4, -0.2) is 41.1 Å². The lowest BCUT2D eigenvalue weighted by atomic mass is 9.95. The van der Waals surface area contributed by atoms with Crippen molar-refractivity contribution >= 4 is 17.2 Å². The number of rotatable bonds is 6. The van der Waals surface area contributed by atoms with E-state index in [1.54, 1.807) is 25.6 Å². The summed E-state index contributed by atoms with van der Waals surface area (Å²) in [6, 6.07) is 7.52. The van der Waals surface area contributed by atoms with Gasteiger partial charge in [-0.1, -0.05) is 12.1 Å². The van der Waals surface area contributed by atoms with Crippen LogP contribution in [0.5, 0.6) is 11.5 Å². The van der Waals surface area contributed by atoms with Crippen LogP contribution < -0.4 is 14.8 Å². The van der Waals surface area contributed by atoms with Crippen molar-refractivity contribution in [3.63, 3.8) is 0 Å². The van der Waals surface area contributed by atoms with Crippen molar-refractivity contribution in [2.45, 2.75) is 12.8 Å². The highest BCUT2D eigenvalue weighted by Crippen LogP contribution is 2.36. The number of carbonyl (C=O) groups excluding carboxylic acids is 1. The van der Waals surface area contributed by atoms with Crippen LogP contribution in [-0.2, 0) is 17.6 Å². The number of para-hydroxylation sites is 1. The minimum absolute atomic E-state index is 0.00434. The van der Waals surface area contributed by atoms with Crippen LogP contribution >= 0.6 is 11.3 Å². The van der Waals surface area contributed by atoms with Gasteiger partial charge in [0.05, 0.1) is 18.7 Å². The van der Waals surface area contributed by atoms with Crippen LogP contribution in [0.15, 0.2) is 42.0 Å². The van der Waals surface area contributed by atoms with E-state index >= 15 is 0 Å². The zero-order valence-electron chi connectivity index (χ0n) is 15.4. The lowest BCUT2D eigenvalue weighted by Gasteiger charge is -2.25. The molecule has 0 radical (unpaired) electrons. The maximum atomic E-state index is 12.5. The van der Waals surface area contributed by atoms with Gasteiger partial charge in [-0.15, -0.1) is 11.3 Å². The van der Waals surface area contributed by atoms with Crippen molar-refractivity contribution in [2.24, 2.45) is 5.92 Å². The molecule has 0 saturated heterocycles. The van der Waals surface area contributed by atoms with Gasteiger partial charge in [0.1, 0.15) is 6.61 Å². The van der Waals surface area contributed by atoms with Gasteiger partial charge in [-0.2, -0.15) is 0 Å². The maximum absolute atomic E-state index is 12.5. The topological polar surface area (TPSA) is 86.2 Å². The molecule has 28 heavy (non-hydrogen) atoms. The summed E-state index contributed by atoms with van der Waals surface area (Å²) in [5, 5.41) is 5.75. The normalized spacial score (nSPS) is 15.4. The van der Waals surface area contributed by atoms with Gasteiger partial charge in [0.25, 0.3) is 0 Å². The van der Waals surface area contributed by atoms with Crippen molar-refractivity contribution in [3.05, 3.63) is 53.3 Å². The first kappa shape index (κ1) is 18.4. The average Bonchev–Trinajstić information content (AvgIpc) is 3.22.